The smallest absolute Gasteiger partial charge is 0.259 e. The fraction of sp³-hybridized carbons (Fsp3) is 0.222. The van der Waals surface area contributed by atoms with E-state index in [4.69, 9.17) is 14.7 Å². The lowest BCUT2D eigenvalue weighted by Crippen LogP contribution is -2.27. The first-order valence-corrected chi connectivity index (χ1v) is 7.84. The van der Waals surface area contributed by atoms with E-state index in [9.17, 15) is 4.79 Å². The van der Waals surface area contributed by atoms with Crippen molar-refractivity contribution in [1.82, 2.24) is 10.5 Å². The summed E-state index contributed by atoms with van der Waals surface area (Å²) in [6, 6.07) is 11.6. The molecule has 1 amide bonds. The number of hydrogen-bond acceptors (Lipinski definition) is 5. The van der Waals surface area contributed by atoms with Gasteiger partial charge in [0.05, 0.1) is 6.04 Å². The number of furan rings is 1. The van der Waals surface area contributed by atoms with Crippen LogP contribution in [0.4, 0.5) is 5.88 Å². The zero-order chi connectivity index (χ0) is 16.7. The molecular weight excluding hydrogens is 306 g/mol. The van der Waals surface area contributed by atoms with Gasteiger partial charge < -0.3 is 20.0 Å². The first-order valence-electron chi connectivity index (χ1n) is 7.84. The van der Waals surface area contributed by atoms with Gasteiger partial charge in [0, 0.05) is 0 Å². The minimum atomic E-state index is -0.306. The Labute approximate surface area is 138 Å². The normalized spacial score (nSPS) is 16.1. The number of nitrogens with zero attached hydrogens (tertiary/aromatic N) is 1. The van der Waals surface area contributed by atoms with E-state index < -0.39 is 0 Å². The second-order valence-corrected chi connectivity index (χ2v) is 5.94. The number of nitrogen functional groups attached to an aromatic ring is 1. The zero-order valence-electron chi connectivity index (χ0n) is 13.2. The van der Waals surface area contributed by atoms with Crippen LogP contribution in [-0.4, -0.2) is 11.1 Å². The molecule has 0 aliphatic heterocycles. The fourth-order valence-electron chi connectivity index (χ4n) is 3.19. The Morgan fingerprint density at radius 2 is 2.12 bits per heavy atom. The molecule has 1 aromatic carbocycles. The highest BCUT2D eigenvalue weighted by Gasteiger charge is 2.29. The molecule has 2 aromatic heterocycles. The maximum atomic E-state index is 12.8. The number of rotatable bonds is 3. The number of nitrogens with two attached hydrogens (primary N) is 1. The first-order chi connectivity index (χ1) is 11.6. The molecule has 1 aliphatic carbocycles. The molecule has 122 valence electrons. The van der Waals surface area contributed by atoms with Gasteiger partial charge in [0.15, 0.2) is 11.5 Å². The van der Waals surface area contributed by atoms with Crippen molar-refractivity contribution in [2.75, 3.05) is 5.73 Å². The van der Waals surface area contributed by atoms with Crippen molar-refractivity contribution in [2.24, 2.45) is 0 Å². The number of aromatic nitrogens is 1. The summed E-state index contributed by atoms with van der Waals surface area (Å²) in [5, 5.41) is 6.92. The molecule has 0 spiro atoms. The minimum absolute atomic E-state index is 0.0113. The number of fused-ring (bicyclic) bond motifs is 1. The van der Waals surface area contributed by atoms with Crippen molar-refractivity contribution < 1.29 is 13.7 Å². The molecule has 1 atom stereocenters. The summed E-state index contributed by atoms with van der Waals surface area (Å²) >= 11 is 0. The molecule has 0 radical (unpaired) electrons. The van der Waals surface area contributed by atoms with E-state index >= 15 is 0 Å². The predicted molar refractivity (Wildman–Crippen MR) is 88.3 cm³/mol. The molecule has 24 heavy (non-hydrogen) atoms. The van der Waals surface area contributed by atoms with Gasteiger partial charge in [-0.1, -0.05) is 29.4 Å². The number of aryl methyl sites for hydroxylation is 2. The van der Waals surface area contributed by atoms with Gasteiger partial charge >= 0.3 is 0 Å². The maximum absolute atomic E-state index is 12.8. The summed E-state index contributed by atoms with van der Waals surface area (Å²) in [5.41, 5.74) is 8.78. The van der Waals surface area contributed by atoms with Crippen LogP contribution in [0, 0.1) is 6.92 Å². The summed E-state index contributed by atoms with van der Waals surface area (Å²) in [6.45, 7) is 1.82. The Morgan fingerprint density at radius 1 is 1.29 bits per heavy atom. The van der Waals surface area contributed by atoms with Gasteiger partial charge in [0.2, 0.25) is 5.88 Å². The van der Waals surface area contributed by atoms with Gasteiger partial charge in [-0.25, -0.2) is 0 Å². The molecule has 0 saturated carbocycles. The molecule has 6 heteroatoms. The molecular formula is C18H17N3O3. The summed E-state index contributed by atoms with van der Waals surface area (Å²) in [5.74, 6) is 0.870. The highest BCUT2D eigenvalue weighted by atomic mass is 16.5. The third kappa shape index (κ3) is 2.36. The Kier molecular flexibility index (Phi) is 3.37. The van der Waals surface area contributed by atoms with Crippen LogP contribution in [-0.2, 0) is 6.42 Å². The minimum Gasteiger partial charge on any atom is -0.460 e. The summed E-state index contributed by atoms with van der Waals surface area (Å²) in [7, 11) is 0. The monoisotopic (exact) mass is 323 g/mol. The van der Waals surface area contributed by atoms with Crippen molar-refractivity contribution in [3.05, 3.63) is 58.8 Å². The second-order valence-electron chi connectivity index (χ2n) is 5.94. The molecule has 1 unspecified atom stereocenters. The Hall–Kier alpha value is -3.02. The van der Waals surface area contributed by atoms with E-state index in [2.05, 4.69) is 16.5 Å². The number of amides is 1. The van der Waals surface area contributed by atoms with Gasteiger partial charge in [-0.2, -0.15) is 0 Å². The van der Waals surface area contributed by atoms with Crippen molar-refractivity contribution in [2.45, 2.75) is 25.8 Å². The number of hydrogen-bond donors (Lipinski definition) is 2. The molecule has 0 saturated heterocycles. The number of carbonyl (C=O) groups is 1. The number of anilines is 1. The van der Waals surface area contributed by atoms with E-state index in [-0.39, 0.29) is 23.4 Å². The van der Waals surface area contributed by atoms with Crippen LogP contribution in [0.25, 0.3) is 11.5 Å². The molecule has 3 aromatic rings. The quantitative estimate of drug-likeness (QED) is 0.771. The first kappa shape index (κ1) is 14.6. The lowest BCUT2D eigenvalue weighted by atomic mass is 10.1. The fourth-order valence-corrected chi connectivity index (χ4v) is 3.19. The van der Waals surface area contributed by atoms with Gasteiger partial charge in [0.25, 0.3) is 5.91 Å². The van der Waals surface area contributed by atoms with E-state index in [1.165, 1.54) is 5.56 Å². The van der Waals surface area contributed by atoms with Gasteiger partial charge in [0.1, 0.15) is 11.3 Å². The van der Waals surface area contributed by atoms with Crippen molar-refractivity contribution in [1.29, 1.82) is 0 Å². The van der Waals surface area contributed by atoms with E-state index in [0.29, 0.717) is 11.5 Å². The molecule has 0 bridgehead atoms. The molecule has 3 N–H and O–H groups in total. The van der Waals surface area contributed by atoms with Crippen LogP contribution in [0.15, 0.2) is 45.3 Å². The van der Waals surface area contributed by atoms with Gasteiger partial charge in [-0.15, -0.1) is 0 Å². The standard InChI is InChI=1S/C18H17N3O3/c1-10-6-9-14(23-10)16-15(17(19)24-21-16)18(22)20-13-8-7-11-4-2-3-5-12(11)13/h2-6,9,13H,7-8,19H2,1H3,(H,20,22). The number of nitrogens with one attached hydrogen (secondary N) is 1. The third-order valence-electron chi connectivity index (χ3n) is 4.36. The lowest BCUT2D eigenvalue weighted by molar-refractivity contribution is 0.0937. The molecule has 1 aliphatic rings. The Balaban J connectivity index is 1.63. The highest BCUT2D eigenvalue weighted by molar-refractivity contribution is 6.03. The van der Waals surface area contributed by atoms with Crippen molar-refractivity contribution in [3.63, 3.8) is 0 Å². The lowest BCUT2D eigenvalue weighted by Gasteiger charge is -2.13. The SMILES string of the molecule is Cc1ccc(-c2noc(N)c2C(=O)NC2CCc3ccccc32)o1. The topological polar surface area (TPSA) is 94.3 Å². The highest BCUT2D eigenvalue weighted by Crippen LogP contribution is 2.33. The third-order valence-corrected chi connectivity index (χ3v) is 4.36. The molecule has 2 heterocycles. The Morgan fingerprint density at radius 3 is 2.92 bits per heavy atom. The van der Waals surface area contributed by atoms with Crippen LogP contribution in [0.1, 0.15) is 39.7 Å². The average Bonchev–Trinajstić information content (AvgIpc) is 3.27. The second kappa shape index (κ2) is 5.56. The summed E-state index contributed by atoms with van der Waals surface area (Å²) in [6.07, 6.45) is 1.82. The summed E-state index contributed by atoms with van der Waals surface area (Å²) in [4.78, 5) is 12.8. The number of carbonyl (C=O) groups excluding carboxylic acids is 1. The van der Waals surface area contributed by atoms with Crippen LogP contribution in [0.5, 0.6) is 0 Å². The van der Waals surface area contributed by atoms with Crippen LogP contribution in [0.3, 0.4) is 0 Å². The van der Waals surface area contributed by atoms with Gasteiger partial charge in [-0.05, 0) is 43.0 Å². The van der Waals surface area contributed by atoms with E-state index in [1.54, 1.807) is 12.1 Å². The van der Waals surface area contributed by atoms with Crippen LogP contribution in [0.2, 0.25) is 0 Å². The van der Waals surface area contributed by atoms with Crippen molar-refractivity contribution in [3.8, 4) is 11.5 Å². The van der Waals surface area contributed by atoms with Crippen LogP contribution >= 0.6 is 0 Å². The van der Waals surface area contributed by atoms with Gasteiger partial charge in [-0.3, -0.25) is 4.79 Å². The molecule has 6 nitrogen and oxygen atoms in total. The van der Waals surface area contributed by atoms with Crippen LogP contribution < -0.4 is 11.1 Å². The van der Waals surface area contributed by atoms with E-state index in [1.807, 2.05) is 25.1 Å². The summed E-state index contributed by atoms with van der Waals surface area (Å²) < 4.78 is 10.6. The largest absolute Gasteiger partial charge is 0.460 e. The predicted octanol–water partition coefficient (Wildman–Crippen LogP) is 3.24. The zero-order valence-corrected chi connectivity index (χ0v) is 13.2. The average molecular weight is 323 g/mol. The molecule has 0 fully saturated rings. The van der Waals surface area contributed by atoms with Crippen molar-refractivity contribution >= 4 is 11.8 Å². The maximum Gasteiger partial charge on any atom is 0.259 e. The Bertz CT molecular complexity index is 910. The molecule has 4 rings (SSSR count). The van der Waals surface area contributed by atoms with E-state index in [0.717, 1.165) is 24.2 Å². The number of benzene rings is 1.